The van der Waals surface area contributed by atoms with Gasteiger partial charge in [-0.3, -0.25) is 0 Å². The molecule has 3 N–H and O–H groups in total. The molecule has 1 rings (SSSR count). The van der Waals surface area contributed by atoms with Crippen LogP contribution in [0, 0.1) is 12.8 Å². The van der Waals surface area contributed by atoms with Gasteiger partial charge in [0, 0.05) is 4.47 Å². The van der Waals surface area contributed by atoms with Crippen LogP contribution in [0.5, 0.6) is 0 Å². The number of nitrogens with one attached hydrogen (secondary N) is 2. The van der Waals surface area contributed by atoms with Gasteiger partial charge in [-0.15, -0.1) is 0 Å². The Hall–Kier alpha value is -1.56. The predicted octanol–water partition coefficient (Wildman–Crippen LogP) is 2.99. The van der Waals surface area contributed by atoms with Gasteiger partial charge in [0.05, 0.1) is 5.69 Å². The first-order chi connectivity index (χ1) is 8.82. The first-order valence-corrected chi connectivity index (χ1v) is 6.67. The normalized spacial score (nSPS) is 12.1. The number of rotatable bonds is 4. The average Bonchev–Trinajstić information content (AvgIpc) is 2.31. The van der Waals surface area contributed by atoms with Crippen LogP contribution in [0.25, 0.3) is 0 Å². The third kappa shape index (κ3) is 4.24. The van der Waals surface area contributed by atoms with Crippen molar-refractivity contribution in [3.05, 3.63) is 28.2 Å². The van der Waals surface area contributed by atoms with Gasteiger partial charge in [0.2, 0.25) is 0 Å². The molecule has 5 nitrogen and oxygen atoms in total. The molecular formula is C13H17BrN2O3. The van der Waals surface area contributed by atoms with Gasteiger partial charge in [0.15, 0.2) is 0 Å². The molecule has 0 fully saturated rings. The van der Waals surface area contributed by atoms with E-state index in [1.54, 1.807) is 19.9 Å². The van der Waals surface area contributed by atoms with Gasteiger partial charge in [-0.1, -0.05) is 26.0 Å². The van der Waals surface area contributed by atoms with Crippen LogP contribution in [-0.4, -0.2) is 23.1 Å². The number of halogens is 1. The van der Waals surface area contributed by atoms with Gasteiger partial charge in [-0.2, -0.15) is 0 Å². The second-order valence-corrected chi connectivity index (χ2v) is 5.39. The number of benzene rings is 1. The molecule has 0 aromatic heterocycles. The summed E-state index contributed by atoms with van der Waals surface area (Å²) in [5.74, 6) is -1.24. The molecule has 1 atom stereocenters. The Kier molecular flexibility index (Phi) is 5.35. The third-order valence-corrected chi connectivity index (χ3v) is 3.71. The molecule has 2 amide bonds. The molecule has 0 saturated carbocycles. The van der Waals surface area contributed by atoms with Crippen LogP contribution in [-0.2, 0) is 4.79 Å². The Morgan fingerprint density at radius 1 is 1.32 bits per heavy atom. The van der Waals surface area contributed by atoms with Gasteiger partial charge in [-0.05, 0) is 40.4 Å². The number of carbonyl (C=O) groups excluding carboxylic acids is 1. The van der Waals surface area contributed by atoms with Crippen molar-refractivity contribution in [2.24, 2.45) is 5.92 Å². The minimum absolute atomic E-state index is 0.191. The fourth-order valence-corrected chi connectivity index (χ4v) is 1.92. The highest BCUT2D eigenvalue weighted by Crippen LogP contribution is 2.25. The Bertz CT molecular complexity index is 489. The molecule has 0 bridgehead atoms. The van der Waals surface area contributed by atoms with Crippen molar-refractivity contribution < 1.29 is 14.7 Å². The van der Waals surface area contributed by atoms with E-state index in [0.717, 1.165) is 10.0 Å². The van der Waals surface area contributed by atoms with E-state index in [9.17, 15) is 9.59 Å². The van der Waals surface area contributed by atoms with Crippen molar-refractivity contribution >= 4 is 33.6 Å². The van der Waals surface area contributed by atoms with Crippen molar-refractivity contribution in [2.75, 3.05) is 5.32 Å². The number of aliphatic carboxylic acids is 1. The lowest BCUT2D eigenvalue weighted by molar-refractivity contribution is -0.140. The SMILES string of the molecule is Cc1cccc(NC(=O)N[C@@H](C(=O)O)C(C)C)c1Br. The van der Waals surface area contributed by atoms with E-state index >= 15 is 0 Å². The number of carboxylic acids is 1. The Balaban J connectivity index is 2.75. The van der Waals surface area contributed by atoms with Gasteiger partial charge in [-0.25, -0.2) is 9.59 Å². The maximum Gasteiger partial charge on any atom is 0.326 e. The van der Waals surface area contributed by atoms with Crippen LogP contribution >= 0.6 is 15.9 Å². The van der Waals surface area contributed by atoms with E-state index in [2.05, 4.69) is 26.6 Å². The zero-order valence-electron chi connectivity index (χ0n) is 11.0. The number of hydrogen-bond donors (Lipinski definition) is 3. The molecule has 0 saturated heterocycles. The molecule has 0 aliphatic carbocycles. The minimum Gasteiger partial charge on any atom is -0.480 e. The fourth-order valence-electron chi connectivity index (χ4n) is 1.56. The van der Waals surface area contributed by atoms with Crippen LogP contribution in [0.1, 0.15) is 19.4 Å². The van der Waals surface area contributed by atoms with Crippen molar-refractivity contribution in [2.45, 2.75) is 26.8 Å². The molecular weight excluding hydrogens is 312 g/mol. The van der Waals surface area contributed by atoms with E-state index in [4.69, 9.17) is 5.11 Å². The fraction of sp³-hybridized carbons (Fsp3) is 0.385. The van der Waals surface area contributed by atoms with Gasteiger partial charge < -0.3 is 15.7 Å². The van der Waals surface area contributed by atoms with Crippen LogP contribution < -0.4 is 10.6 Å². The van der Waals surface area contributed by atoms with Crippen LogP contribution in [0.2, 0.25) is 0 Å². The molecule has 1 aromatic carbocycles. The summed E-state index contributed by atoms with van der Waals surface area (Å²) in [4.78, 5) is 22.8. The smallest absolute Gasteiger partial charge is 0.326 e. The lowest BCUT2D eigenvalue weighted by Crippen LogP contribution is -2.46. The van der Waals surface area contributed by atoms with Crippen molar-refractivity contribution in [1.29, 1.82) is 0 Å². The quantitative estimate of drug-likeness (QED) is 0.795. The van der Waals surface area contributed by atoms with Crippen LogP contribution in [0.4, 0.5) is 10.5 Å². The molecule has 0 aliphatic heterocycles. The summed E-state index contributed by atoms with van der Waals surface area (Å²) in [5.41, 5.74) is 1.59. The monoisotopic (exact) mass is 328 g/mol. The molecule has 0 spiro atoms. The molecule has 1 aromatic rings. The van der Waals surface area contributed by atoms with Gasteiger partial charge >= 0.3 is 12.0 Å². The number of anilines is 1. The Morgan fingerprint density at radius 3 is 2.47 bits per heavy atom. The number of hydrogen-bond acceptors (Lipinski definition) is 2. The first kappa shape index (κ1) is 15.5. The summed E-state index contributed by atoms with van der Waals surface area (Å²) in [6, 6.07) is 4.01. The zero-order valence-corrected chi connectivity index (χ0v) is 12.6. The highest BCUT2D eigenvalue weighted by molar-refractivity contribution is 9.10. The summed E-state index contributed by atoms with van der Waals surface area (Å²) in [6.45, 7) is 5.38. The van der Waals surface area contributed by atoms with Crippen LogP contribution in [0.3, 0.4) is 0 Å². The van der Waals surface area contributed by atoms with Crippen molar-refractivity contribution in [3.63, 3.8) is 0 Å². The molecule has 0 radical (unpaired) electrons. The standard InChI is InChI=1S/C13H17BrN2O3/c1-7(2)11(12(17)18)16-13(19)15-9-6-4-5-8(3)10(9)14/h4-7,11H,1-3H3,(H,17,18)(H2,15,16,19)/t11-/m1/s1. The van der Waals surface area contributed by atoms with Crippen LogP contribution in [0.15, 0.2) is 22.7 Å². The largest absolute Gasteiger partial charge is 0.480 e. The lowest BCUT2D eigenvalue weighted by atomic mass is 10.1. The van der Waals surface area contributed by atoms with E-state index in [-0.39, 0.29) is 5.92 Å². The number of amides is 2. The maximum absolute atomic E-state index is 11.8. The summed E-state index contributed by atoms with van der Waals surface area (Å²) in [5, 5.41) is 14.1. The molecule has 19 heavy (non-hydrogen) atoms. The molecule has 0 aliphatic rings. The molecule has 6 heteroatoms. The highest BCUT2D eigenvalue weighted by Gasteiger charge is 2.23. The van der Waals surface area contributed by atoms with E-state index in [1.165, 1.54) is 0 Å². The van der Waals surface area contributed by atoms with E-state index < -0.39 is 18.0 Å². The molecule has 0 unspecified atom stereocenters. The van der Waals surface area contributed by atoms with Crippen molar-refractivity contribution in [3.8, 4) is 0 Å². The number of carboxylic acid groups (broad SMARTS) is 1. The number of urea groups is 1. The predicted molar refractivity (Wildman–Crippen MR) is 77.3 cm³/mol. The third-order valence-electron chi connectivity index (χ3n) is 2.66. The topological polar surface area (TPSA) is 78.4 Å². The summed E-state index contributed by atoms with van der Waals surface area (Å²) < 4.78 is 0.779. The van der Waals surface area contributed by atoms with E-state index in [0.29, 0.717) is 5.69 Å². The first-order valence-electron chi connectivity index (χ1n) is 5.88. The summed E-state index contributed by atoms with van der Waals surface area (Å²) in [7, 11) is 0. The lowest BCUT2D eigenvalue weighted by Gasteiger charge is -2.18. The van der Waals surface area contributed by atoms with Gasteiger partial charge in [0.25, 0.3) is 0 Å². The highest BCUT2D eigenvalue weighted by atomic mass is 79.9. The summed E-state index contributed by atoms with van der Waals surface area (Å²) in [6.07, 6.45) is 0. The zero-order chi connectivity index (χ0) is 14.6. The molecule has 0 heterocycles. The van der Waals surface area contributed by atoms with Crippen molar-refractivity contribution in [1.82, 2.24) is 5.32 Å². The second-order valence-electron chi connectivity index (χ2n) is 4.59. The van der Waals surface area contributed by atoms with E-state index in [1.807, 2.05) is 19.1 Å². The Labute approximate surface area is 120 Å². The number of carbonyl (C=O) groups is 2. The summed E-state index contributed by atoms with van der Waals surface area (Å²) >= 11 is 3.37. The Morgan fingerprint density at radius 2 is 1.95 bits per heavy atom. The van der Waals surface area contributed by atoms with Gasteiger partial charge in [0.1, 0.15) is 6.04 Å². The second kappa shape index (κ2) is 6.56. The average molecular weight is 329 g/mol. The maximum atomic E-state index is 11.8. The number of aryl methyl sites for hydroxylation is 1. The minimum atomic E-state index is -1.05. The molecule has 104 valence electrons.